The lowest BCUT2D eigenvalue weighted by molar-refractivity contribution is -0.147. The number of rotatable bonds is 13. The maximum absolute atomic E-state index is 12.0. The van der Waals surface area contributed by atoms with Crippen molar-refractivity contribution in [1.82, 2.24) is 4.72 Å². The smallest absolute Gasteiger partial charge is 0.308 e. The molecule has 3 N–H and O–H groups in total. The van der Waals surface area contributed by atoms with E-state index in [1.807, 2.05) is 25.1 Å². The first-order valence-corrected chi connectivity index (χ1v) is 11.9. The molecule has 0 aliphatic rings. The largest absolute Gasteiger partial charge is 0.466 e. The molecule has 0 heterocycles. The molecule has 6 nitrogen and oxygen atoms in total. The van der Waals surface area contributed by atoms with Crippen molar-refractivity contribution in [3.63, 3.8) is 0 Å². The lowest BCUT2D eigenvalue weighted by Crippen LogP contribution is -2.23. The van der Waals surface area contributed by atoms with Gasteiger partial charge in [-0.25, -0.2) is 0 Å². The van der Waals surface area contributed by atoms with E-state index in [0.717, 1.165) is 29.5 Å². The summed E-state index contributed by atoms with van der Waals surface area (Å²) < 4.78 is 7.91. The van der Waals surface area contributed by atoms with Crippen molar-refractivity contribution < 1.29 is 24.5 Å². The van der Waals surface area contributed by atoms with E-state index < -0.39 is 6.29 Å². The van der Waals surface area contributed by atoms with Gasteiger partial charge in [0.15, 0.2) is 6.29 Å². The summed E-state index contributed by atoms with van der Waals surface area (Å²) in [5.41, 5.74) is 3.45. The van der Waals surface area contributed by atoms with E-state index in [4.69, 9.17) is 14.9 Å². The Morgan fingerprint density at radius 1 is 0.969 bits per heavy atom. The van der Waals surface area contributed by atoms with E-state index in [1.54, 1.807) is 6.92 Å². The number of hydrogen-bond acceptors (Lipinski definition) is 6. The molecule has 0 aromatic heterocycles. The highest BCUT2D eigenvalue weighted by Crippen LogP contribution is 2.24. The quantitative estimate of drug-likeness (QED) is 0.237. The molecular formula is C25H33NO5S. The number of hydrogen-bond donors (Lipinski definition) is 3. The lowest BCUT2D eigenvalue weighted by atomic mass is 9.99. The molecular weight excluding hydrogens is 426 g/mol. The van der Waals surface area contributed by atoms with Crippen LogP contribution in [0.4, 0.5) is 0 Å². The van der Waals surface area contributed by atoms with Crippen LogP contribution in [0.15, 0.2) is 54.6 Å². The number of benzene rings is 2. The molecule has 7 heteroatoms. The van der Waals surface area contributed by atoms with Crippen molar-refractivity contribution in [3.8, 4) is 11.1 Å². The van der Waals surface area contributed by atoms with Gasteiger partial charge in [0, 0.05) is 18.1 Å². The fraction of sp³-hybridized carbons (Fsp3) is 0.440. The molecule has 0 radical (unpaired) electrons. The molecule has 0 aliphatic heterocycles. The number of amides is 1. The Kier molecular flexibility index (Phi) is 11.3. The minimum Gasteiger partial charge on any atom is -0.466 e. The predicted molar refractivity (Wildman–Crippen MR) is 128 cm³/mol. The minimum absolute atomic E-state index is 0.00208. The third-order valence-electron chi connectivity index (χ3n) is 5.10. The van der Waals surface area contributed by atoms with Crippen LogP contribution >= 0.6 is 11.9 Å². The Balaban J connectivity index is 1.99. The first-order valence-electron chi connectivity index (χ1n) is 11.0. The van der Waals surface area contributed by atoms with Crippen LogP contribution in [-0.4, -0.2) is 40.2 Å². The van der Waals surface area contributed by atoms with Gasteiger partial charge < -0.3 is 14.9 Å². The molecule has 2 aromatic carbocycles. The van der Waals surface area contributed by atoms with E-state index in [9.17, 15) is 9.59 Å². The monoisotopic (exact) mass is 459 g/mol. The maximum atomic E-state index is 12.0. The number of esters is 1. The second-order valence-electron chi connectivity index (χ2n) is 7.78. The van der Waals surface area contributed by atoms with E-state index in [1.165, 1.54) is 11.9 Å². The molecule has 0 aliphatic carbocycles. The number of carbonyl (C=O) groups excluding carboxylic acids is 2. The van der Waals surface area contributed by atoms with Gasteiger partial charge in [-0.1, -0.05) is 61.5 Å². The van der Waals surface area contributed by atoms with Gasteiger partial charge in [0.2, 0.25) is 5.91 Å². The molecule has 0 fully saturated rings. The van der Waals surface area contributed by atoms with E-state index in [0.29, 0.717) is 13.0 Å². The van der Waals surface area contributed by atoms with Gasteiger partial charge in [0.05, 0.1) is 12.5 Å². The number of aliphatic hydroxyl groups excluding tert-OH is 1. The first-order chi connectivity index (χ1) is 15.4. The summed E-state index contributed by atoms with van der Waals surface area (Å²) in [6.45, 7) is 4.01. The first kappa shape index (κ1) is 25.9. The molecule has 2 atom stereocenters. The van der Waals surface area contributed by atoms with Gasteiger partial charge in [0.1, 0.15) is 0 Å². The summed E-state index contributed by atoms with van der Waals surface area (Å²) in [4.78, 5) is 24.0. The summed E-state index contributed by atoms with van der Waals surface area (Å²) in [5.74, 6) is -0.658. The number of ether oxygens (including phenoxy) is 1. The van der Waals surface area contributed by atoms with E-state index in [-0.39, 0.29) is 35.9 Å². The Morgan fingerprint density at radius 3 is 2.25 bits per heavy atom. The summed E-state index contributed by atoms with van der Waals surface area (Å²) in [7, 11) is 0. The zero-order chi connectivity index (χ0) is 23.3. The average molecular weight is 460 g/mol. The highest BCUT2D eigenvalue weighted by atomic mass is 32.2. The van der Waals surface area contributed by atoms with Crippen molar-refractivity contribution in [1.29, 1.82) is 0 Å². The predicted octanol–water partition coefficient (Wildman–Crippen LogP) is 4.10. The van der Waals surface area contributed by atoms with Crippen molar-refractivity contribution in [3.05, 3.63) is 60.2 Å². The molecule has 174 valence electrons. The number of nitrogens with one attached hydrogen (secondary N) is 1. The molecule has 32 heavy (non-hydrogen) atoms. The molecule has 0 saturated heterocycles. The Bertz CT molecular complexity index is 826. The third kappa shape index (κ3) is 9.42. The highest BCUT2D eigenvalue weighted by molar-refractivity contribution is 7.98. The van der Waals surface area contributed by atoms with Gasteiger partial charge >= 0.3 is 5.97 Å². The van der Waals surface area contributed by atoms with E-state index in [2.05, 4.69) is 41.1 Å². The normalized spacial score (nSPS) is 12.9. The zero-order valence-electron chi connectivity index (χ0n) is 18.7. The lowest BCUT2D eigenvalue weighted by Gasteiger charge is -2.19. The molecule has 0 saturated carbocycles. The third-order valence-corrected chi connectivity index (χ3v) is 6.19. The maximum Gasteiger partial charge on any atom is 0.308 e. The van der Waals surface area contributed by atoms with Gasteiger partial charge in [-0.15, -0.1) is 0 Å². The minimum atomic E-state index is -1.49. The van der Waals surface area contributed by atoms with Gasteiger partial charge in [-0.2, -0.15) is 0 Å². The Labute approximate surface area is 194 Å². The van der Waals surface area contributed by atoms with Crippen molar-refractivity contribution in [2.75, 3.05) is 6.61 Å². The summed E-state index contributed by atoms with van der Waals surface area (Å²) >= 11 is 1.33. The van der Waals surface area contributed by atoms with Gasteiger partial charge in [-0.05, 0) is 54.8 Å². The molecule has 0 unspecified atom stereocenters. The summed E-state index contributed by atoms with van der Waals surface area (Å²) in [6.07, 6.45) is 0.672. The molecule has 0 spiro atoms. The van der Waals surface area contributed by atoms with Crippen molar-refractivity contribution >= 4 is 23.8 Å². The van der Waals surface area contributed by atoms with Crippen LogP contribution in [0.5, 0.6) is 0 Å². The van der Waals surface area contributed by atoms with Crippen molar-refractivity contribution in [2.24, 2.45) is 5.92 Å². The van der Waals surface area contributed by atoms with Crippen LogP contribution in [0, 0.1) is 5.92 Å². The summed E-state index contributed by atoms with van der Waals surface area (Å²) in [6, 6.07) is 18.5. The Hall–Kier alpha value is -2.35. The van der Waals surface area contributed by atoms with E-state index >= 15 is 0 Å². The molecule has 2 rings (SSSR count). The zero-order valence-corrected chi connectivity index (χ0v) is 19.5. The van der Waals surface area contributed by atoms with Crippen molar-refractivity contribution in [2.45, 2.75) is 57.5 Å². The average Bonchev–Trinajstić information content (AvgIpc) is 2.80. The Morgan fingerprint density at radius 2 is 1.62 bits per heavy atom. The van der Waals surface area contributed by atoms with Gasteiger partial charge in [0.25, 0.3) is 0 Å². The van der Waals surface area contributed by atoms with Crippen LogP contribution < -0.4 is 4.72 Å². The molecule has 0 bridgehead atoms. The number of carbonyl (C=O) groups is 2. The SMILES string of the molecule is CCOC(=O)[C@H](C)CC[C@@H](Cc1ccc(-c2ccccc2)cc1)SNC(=O)CCC(O)O. The van der Waals surface area contributed by atoms with Crippen LogP contribution in [-0.2, 0) is 20.7 Å². The van der Waals surface area contributed by atoms with Crippen LogP contribution in [0.3, 0.4) is 0 Å². The highest BCUT2D eigenvalue weighted by Gasteiger charge is 2.19. The second kappa shape index (κ2) is 13.9. The fourth-order valence-electron chi connectivity index (χ4n) is 3.23. The topological polar surface area (TPSA) is 95.9 Å². The second-order valence-corrected chi connectivity index (χ2v) is 8.89. The van der Waals surface area contributed by atoms with Crippen LogP contribution in [0.2, 0.25) is 0 Å². The van der Waals surface area contributed by atoms with Crippen LogP contribution in [0.1, 0.15) is 45.1 Å². The number of aliphatic hydroxyl groups is 2. The fourth-order valence-corrected chi connectivity index (χ4v) is 4.16. The van der Waals surface area contributed by atoms with Crippen LogP contribution in [0.25, 0.3) is 11.1 Å². The standard InChI is InChI=1S/C25H33NO5S/c1-3-31-25(30)18(2)9-14-22(32-26-23(27)15-16-24(28)29)17-19-10-12-21(13-11-19)20-7-5-4-6-8-20/h4-8,10-13,18,22,24,28-29H,3,9,14-17H2,1-2H3,(H,26,27)/t18-,22+/m1/s1. The molecule has 2 aromatic rings. The van der Waals surface area contributed by atoms with Gasteiger partial charge in [-0.3, -0.25) is 14.3 Å². The summed E-state index contributed by atoms with van der Waals surface area (Å²) in [5, 5.41) is 18.0. The molecule has 1 amide bonds.